The van der Waals surface area contributed by atoms with Crippen LogP contribution in [0.25, 0.3) is 11.0 Å². The van der Waals surface area contributed by atoms with Crippen LogP contribution >= 0.6 is 11.6 Å². The number of aromatic nitrogens is 3. The maximum atomic E-state index is 12.4. The van der Waals surface area contributed by atoms with Crippen molar-refractivity contribution in [2.24, 2.45) is 5.41 Å². The molecule has 3 rings (SSSR count). The summed E-state index contributed by atoms with van der Waals surface area (Å²) in [7, 11) is 0. The van der Waals surface area contributed by atoms with Gasteiger partial charge in [-0.2, -0.15) is 0 Å². The smallest absolute Gasteiger partial charge is 0.263 e. The van der Waals surface area contributed by atoms with E-state index < -0.39 is 0 Å². The number of rotatable bonds is 0. The molecule has 0 fully saturated rings. The lowest BCUT2D eigenvalue weighted by Crippen LogP contribution is -2.36. The number of hydrogen-bond acceptors (Lipinski definition) is 3. The highest BCUT2D eigenvalue weighted by Gasteiger charge is 2.27. The lowest BCUT2D eigenvalue weighted by molar-refractivity contribution is 0.240. The van der Waals surface area contributed by atoms with E-state index in [-0.39, 0.29) is 11.0 Å². The Kier molecular flexibility index (Phi) is 2.45. The zero-order chi connectivity index (χ0) is 12.9. The van der Waals surface area contributed by atoms with Gasteiger partial charge in [0, 0.05) is 13.0 Å². The zero-order valence-electron chi connectivity index (χ0n) is 10.4. The van der Waals surface area contributed by atoms with Crippen LogP contribution < -0.4 is 5.56 Å². The summed E-state index contributed by atoms with van der Waals surface area (Å²) in [6.45, 7) is 5.06. The standard InChI is InChI=1S/C13H14ClN3O/c1-13(2)6-5-10-16-11-8(3-4-9(14)15-11)12(18)17(10)7-13/h3-4H,5-7H2,1-2H3. The molecular formula is C13H14ClN3O. The minimum Gasteiger partial charge on any atom is -0.295 e. The van der Waals surface area contributed by atoms with Gasteiger partial charge in [-0.15, -0.1) is 0 Å². The van der Waals surface area contributed by atoms with Gasteiger partial charge in [0.05, 0.1) is 5.39 Å². The van der Waals surface area contributed by atoms with E-state index in [4.69, 9.17) is 11.6 Å². The summed E-state index contributed by atoms with van der Waals surface area (Å²) in [5, 5.41) is 0.913. The molecule has 94 valence electrons. The second kappa shape index (κ2) is 3.79. The van der Waals surface area contributed by atoms with Crippen LogP contribution in [0.4, 0.5) is 0 Å². The minimum absolute atomic E-state index is 0.00746. The highest BCUT2D eigenvalue weighted by atomic mass is 35.5. The van der Waals surface area contributed by atoms with E-state index in [1.807, 2.05) is 0 Å². The van der Waals surface area contributed by atoms with E-state index >= 15 is 0 Å². The maximum Gasteiger partial charge on any atom is 0.263 e. The third kappa shape index (κ3) is 1.81. The zero-order valence-corrected chi connectivity index (χ0v) is 11.2. The molecule has 1 aliphatic rings. The van der Waals surface area contributed by atoms with Gasteiger partial charge in [-0.3, -0.25) is 9.36 Å². The molecule has 1 aliphatic heterocycles. The number of nitrogens with zero attached hydrogens (tertiary/aromatic N) is 3. The van der Waals surface area contributed by atoms with Gasteiger partial charge >= 0.3 is 0 Å². The molecule has 2 aromatic heterocycles. The normalized spacial score (nSPS) is 17.7. The Balaban J connectivity index is 2.30. The second-order valence-electron chi connectivity index (χ2n) is 5.59. The fourth-order valence-electron chi connectivity index (χ4n) is 2.43. The molecular weight excluding hydrogens is 250 g/mol. The second-order valence-corrected chi connectivity index (χ2v) is 5.98. The van der Waals surface area contributed by atoms with Crippen LogP contribution in [-0.2, 0) is 13.0 Å². The van der Waals surface area contributed by atoms with Crippen molar-refractivity contribution in [2.75, 3.05) is 0 Å². The maximum absolute atomic E-state index is 12.4. The molecule has 0 saturated carbocycles. The number of hydrogen-bond donors (Lipinski definition) is 0. The van der Waals surface area contributed by atoms with Gasteiger partial charge in [-0.05, 0) is 24.0 Å². The van der Waals surface area contributed by atoms with E-state index in [1.54, 1.807) is 16.7 Å². The average molecular weight is 264 g/mol. The van der Waals surface area contributed by atoms with Gasteiger partial charge in [-0.25, -0.2) is 9.97 Å². The van der Waals surface area contributed by atoms with E-state index in [9.17, 15) is 4.79 Å². The molecule has 5 heteroatoms. The van der Waals surface area contributed by atoms with Crippen molar-refractivity contribution >= 4 is 22.6 Å². The predicted molar refractivity (Wildman–Crippen MR) is 70.9 cm³/mol. The lowest BCUT2D eigenvalue weighted by Gasteiger charge is -2.31. The van der Waals surface area contributed by atoms with Crippen LogP contribution in [0.5, 0.6) is 0 Å². The summed E-state index contributed by atoms with van der Waals surface area (Å²) in [5.74, 6) is 0.821. The third-order valence-corrected chi connectivity index (χ3v) is 3.69. The summed E-state index contributed by atoms with van der Waals surface area (Å²) < 4.78 is 1.78. The topological polar surface area (TPSA) is 47.8 Å². The summed E-state index contributed by atoms with van der Waals surface area (Å²) in [6.07, 6.45) is 1.85. The van der Waals surface area contributed by atoms with Gasteiger partial charge in [0.15, 0.2) is 5.65 Å². The van der Waals surface area contributed by atoms with Crippen molar-refractivity contribution in [1.29, 1.82) is 0 Å². The van der Waals surface area contributed by atoms with Crippen molar-refractivity contribution < 1.29 is 0 Å². The molecule has 4 nitrogen and oxygen atoms in total. The van der Waals surface area contributed by atoms with Crippen LogP contribution in [0.1, 0.15) is 26.1 Å². The van der Waals surface area contributed by atoms with E-state index in [0.29, 0.717) is 22.7 Å². The Hall–Kier alpha value is -1.42. The Morgan fingerprint density at radius 3 is 2.89 bits per heavy atom. The Morgan fingerprint density at radius 1 is 1.33 bits per heavy atom. The Bertz CT molecular complexity index is 690. The molecule has 0 aliphatic carbocycles. The van der Waals surface area contributed by atoms with E-state index in [0.717, 1.165) is 18.7 Å². The highest BCUT2D eigenvalue weighted by molar-refractivity contribution is 6.29. The molecule has 0 aromatic carbocycles. The van der Waals surface area contributed by atoms with Crippen molar-refractivity contribution in [2.45, 2.75) is 33.2 Å². The summed E-state index contributed by atoms with van der Waals surface area (Å²) in [4.78, 5) is 21.0. The van der Waals surface area contributed by atoms with Crippen molar-refractivity contribution in [3.63, 3.8) is 0 Å². The molecule has 0 amide bonds. The molecule has 0 spiro atoms. The van der Waals surface area contributed by atoms with Crippen LogP contribution in [0.3, 0.4) is 0 Å². The first-order valence-electron chi connectivity index (χ1n) is 6.02. The van der Waals surface area contributed by atoms with Crippen molar-refractivity contribution in [1.82, 2.24) is 14.5 Å². The first-order chi connectivity index (χ1) is 8.46. The molecule has 0 N–H and O–H groups in total. The average Bonchev–Trinajstić information content (AvgIpc) is 2.30. The van der Waals surface area contributed by atoms with Crippen molar-refractivity contribution in [3.8, 4) is 0 Å². The van der Waals surface area contributed by atoms with Gasteiger partial charge in [0.1, 0.15) is 11.0 Å². The summed E-state index contributed by atoms with van der Waals surface area (Å²) in [6, 6.07) is 3.34. The van der Waals surface area contributed by atoms with Crippen molar-refractivity contribution in [3.05, 3.63) is 33.5 Å². The van der Waals surface area contributed by atoms with Crippen LogP contribution in [0, 0.1) is 5.41 Å². The third-order valence-electron chi connectivity index (χ3n) is 3.47. The van der Waals surface area contributed by atoms with Gasteiger partial charge in [-0.1, -0.05) is 25.4 Å². The fourth-order valence-corrected chi connectivity index (χ4v) is 2.58. The molecule has 0 radical (unpaired) electrons. The lowest BCUT2D eigenvalue weighted by atomic mass is 9.85. The molecule has 18 heavy (non-hydrogen) atoms. The van der Waals surface area contributed by atoms with Crippen LogP contribution in [0.2, 0.25) is 5.15 Å². The Morgan fingerprint density at radius 2 is 2.11 bits per heavy atom. The fraction of sp³-hybridized carbons (Fsp3) is 0.462. The van der Waals surface area contributed by atoms with Crippen LogP contribution in [-0.4, -0.2) is 14.5 Å². The summed E-state index contributed by atoms with van der Waals surface area (Å²) >= 11 is 5.84. The SMILES string of the molecule is CC1(C)CCc2nc3nc(Cl)ccc3c(=O)n2C1. The highest BCUT2D eigenvalue weighted by Crippen LogP contribution is 2.29. The Labute approximate surface area is 110 Å². The summed E-state index contributed by atoms with van der Waals surface area (Å²) in [5.41, 5.74) is 0.594. The van der Waals surface area contributed by atoms with E-state index in [2.05, 4.69) is 23.8 Å². The molecule has 0 atom stereocenters. The van der Waals surface area contributed by atoms with E-state index in [1.165, 1.54) is 0 Å². The van der Waals surface area contributed by atoms with Gasteiger partial charge < -0.3 is 0 Å². The molecule has 0 unspecified atom stereocenters. The minimum atomic E-state index is -0.00746. The van der Waals surface area contributed by atoms with Crippen LogP contribution in [0.15, 0.2) is 16.9 Å². The van der Waals surface area contributed by atoms with Gasteiger partial charge in [0.25, 0.3) is 5.56 Å². The molecule has 0 bridgehead atoms. The predicted octanol–water partition coefficient (Wildman–Crippen LogP) is 2.42. The quantitative estimate of drug-likeness (QED) is 0.686. The number of fused-ring (bicyclic) bond motifs is 2. The monoisotopic (exact) mass is 263 g/mol. The first-order valence-corrected chi connectivity index (χ1v) is 6.40. The first kappa shape index (κ1) is 11.7. The number of aryl methyl sites for hydroxylation is 1. The molecule has 0 saturated heterocycles. The van der Waals surface area contributed by atoms with Gasteiger partial charge in [0.2, 0.25) is 0 Å². The molecule has 2 aromatic rings. The molecule has 3 heterocycles. The number of halogens is 1. The number of pyridine rings is 1. The largest absolute Gasteiger partial charge is 0.295 e.